The number of fused-ring (bicyclic) bond motifs is 2. The van der Waals surface area contributed by atoms with E-state index < -0.39 is 40.5 Å². The number of hydrogen-bond acceptors (Lipinski definition) is 0. The van der Waals surface area contributed by atoms with E-state index in [1.54, 1.807) is 0 Å². The second-order valence-electron chi connectivity index (χ2n) is 9.49. The molecule has 170 valence electrons. The van der Waals surface area contributed by atoms with Crippen molar-refractivity contribution in [3.8, 4) is 0 Å². The molecule has 0 saturated heterocycles. The summed E-state index contributed by atoms with van der Waals surface area (Å²) in [5, 5.41) is -0.939. The lowest BCUT2D eigenvalue weighted by atomic mass is 9.63. The summed E-state index contributed by atoms with van der Waals surface area (Å²) in [5.74, 6) is -2.75. The minimum Gasteiger partial charge on any atom is -0.207 e. The van der Waals surface area contributed by atoms with Crippen molar-refractivity contribution in [2.45, 2.75) is 76.8 Å². The molecular formula is C25H28F6. The third kappa shape index (κ3) is 4.45. The average Bonchev–Trinajstić information content (AvgIpc) is 2.69. The summed E-state index contributed by atoms with van der Waals surface area (Å²) >= 11 is 0. The van der Waals surface area contributed by atoms with E-state index in [0.29, 0.717) is 36.7 Å². The Kier molecular flexibility index (Phi) is 6.28. The number of halogens is 6. The molecule has 4 unspecified atom stereocenters. The van der Waals surface area contributed by atoms with E-state index in [-0.39, 0.29) is 10.9 Å². The lowest BCUT2D eigenvalue weighted by molar-refractivity contribution is -0.140. The van der Waals surface area contributed by atoms with Gasteiger partial charge in [0.25, 0.3) is 0 Å². The van der Waals surface area contributed by atoms with Gasteiger partial charge in [-0.2, -0.15) is 13.2 Å². The number of benzene rings is 2. The van der Waals surface area contributed by atoms with E-state index in [2.05, 4.69) is 6.92 Å². The van der Waals surface area contributed by atoms with Gasteiger partial charge >= 0.3 is 6.18 Å². The van der Waals surface area contributed by atoms with Gasteiger partial charge in [-0.25, -0.2) is 13.2 Å². The van der Waals surface area contributed by atoms with Crippen LogP contribution in [0.2, 0.25) is 0 Å². The van der Waals surface area contributed by atoms with Crippen molar-refractivity contribution < 1.29 is 26.3 Å². The molecule has 2 aliphatic rings. The Labute approximate surface area is 179 Å². The topological polar surface area (TPSA) is 0 Å². The van der Waals surface area contributed by atoms with E-state index in [4.69, 9.17) is 0 Å². The van der Waals surface area contributed by atoms with Crippen LogP contribution in [-0.2, 0) is 6.18 Å². The van der Waals surface area contributed by atoms with E-state index in [1.807, 2.05) is 0 Å². The van der Waals surface area contributed by atoms with E-state index in [1.165, 1.54) is 25.3 Å². The molecule has 0 N–H and O–H groups in total. The van der Waals surface area contributed by atoms with Crippen LogP contribution in [0.15, 0.2) is 18.2 Å². The van der Waals surface area contributed by atoms with Crippen LogP contribution in [0.25, 0.3) is 10.8 Å². The SMILES string of the molecule is CCCCC1CCC2CC(c3cc4cc(F)cc(F)c4c(F)c3C(F)(F)F)CCC2C1. The maximum absolute atomic E-state index is 15.0. The lowest BCUT2D eigenvalue weighted by Gasteiger charge is -2.43. The molecule has 2 aromatic carbocycles. The predicted octanol–water partition coefficient (Wildman–Crippen LogP) is 8.77. The highest BCUT2D eigenvalue weighted by Crippen LogP contribution is 2.51. The molecule has 2 aliphatic carbocycles. The minimum atomic E-state index is -4.94. The Morgan fingerprint density at radius 3 is 2.32 bits per heavy atom. The van der Waals surface area contributed by atoms with Gasteiger partial charge in [-0.3, -0.25) is 0 Å². The number of unbranched alkanes of at least 4 members (excludes halogenated alkanes) is 1. The van der Waals surface area contributed by atoms with Gasteiger partial charge < -0.3 is 0 Å². The van der Waals surface area contributed by atoms with Gasteiger partial charge in [-0.15, -0.1) is 0 Å². The fourth-order valence-electron chi connectivity index (χ4n) is 6.06. The van der Waals surface area contributed by atoms with Crippen molar-refractivity contribution in [3.05, 3.63) is 46.8 Å². The van der Waals surface area contributed by atoms with Crippen LogP contribution in [0, 0.1) is 35.2 Å². The van der Waals surface area contributed by atoms with Crippen molar-refractivity contribution in [1.82, 2.24) is 0 Å². The van der Waals surface area contributed by atoms with Gasteiger partial charge in [-0.05, 0) is 78.9 Å². The first kappa shape index (κ1) is 22.5. The maximum Gasteiger partial charge on any atom is 0.419 e. The van der Waals surface area contributed by atoms with Crippen molar-refractivity contribution in [2.75, 3.05) is 0 Å². The Morgan fingerprint density at radius 1 is 0.903 bits per heavy atom. The van der Waals surface area contributed by atoms with Crippen LogP contribution in [0.4, 0.5) is 26.3 Å². The molecule has 2 saturated carbocycles. The molecule has 6 heteroatoms. The quantitative estimate of drug-likeness (QED) is 0.415. The summed E-state index contributed by atoms with van der Waals surface area (Å²) < 4.78 is 84.4. The fraction of sp³-hybridized carbons (Fsp3) is 0.600. The van der Waals surface area contributed by atoms with Crippen LogP contribution in [0.5, 0.6) is 0 Å². The molecule has 4 rings (SSSR count). The molecule has 0 radical (unpaired) electrons. The molecule has 0 amide bonds. The Hall–Kier alpha value is -1.72. The Balaban J connectivity index is 1.67. The zero-order valence-electron chi connectivity index (χ0n) is 17.7. The van der Waals surface area contributed by atoms with Gasteiger partial charge in [0.15, 0.2) is 0 Å². The smallest absolute Gasteiger partial charge is 0.207 e. The van der Waals surface area contributed by atoms with Crippen molar-refractivity contribution >= 4 is 10.8 Å². The highest BCUT2D eigenvalue weighted by Gasteiger charge is 2.43. The molecule has 2 aromatic rings. The molecule has 31 heavy (non-hydrogen) atoms. The minimum absolute atomic E-state index is 0.144. The lowest BCUT2D eigenvalue weighted by Crippen LogP contribution is -2.31. The molecule has 0 nitrogen and oxygen atoms in total. The molecule has 0 heterocycles. The number of alkyl halides is 3. The molecular weight excluding hydrogens is 414 g/mol. The van der Waals surface area contributed by atoms with Crippen LogP contribution in [0.1, 0.15) is 81.8 Å². The summed E-state index contributed by atoms with van der Waals surface area (Å²) in [6.07, 6.45) is 3.84. The summed E-state index contributed by atoms with van der Waals surface area (Å²) in [6.45, 7) is 2.18. The Bertz CT molecular complexity index is 947. The normalized spacial score (nSPS) is 26.8. The van der Waals surface area contributed by atoms with Crippen molar-refractivity contribution in [1.29, 1.82) is 0 Å². The van der Waals surface area contributed by atoms with Crippen LogP contribution < -0.4 is 0 Å². The second-order valence-corrected chi connectivity index (χ2v) is 9.49. The molecule has 0 aromatic heterocycles. The molecule has 2 fully saturated rings. The largest absolute Gasteiger partial charge is 0.419 e. The standard InChI is InChI=1S/C25H28F6/c1-2-3-4-14-5-6-16-10-17(8-7-15(16)9-14)20-12-18-11-19(26)13-21(27)22(18)24(28)23(20)25(29,30)31/h11-17H,2-10H2,1H3. The number of hydrogen-bond donors (Lipinski definition) is 0. The van der Waals surface area contributed by atoms with Gasteiger partial charge in [0, 0.05) is 6.07 Å². The molecule has 4 atom stereocenters. The van der Waals surface area contributed by atoms with E-state index in [0.717, 1.165) is 31.7 Å². The van der Waals surface area contributed by atoms with Gasteiger partial charge in [0.05, 0.1) is 10.9 Å². The van der Waals surface area contributed by atoms with Gasteiger partial charge in [-0.1, -0.05) is 32.6 Å². The third-order valence-electron chi connectivity index (χ3n) is 7.54. The van der Waals surface area contributed by atoms with Crippen LogP contribution in [-0.4, -0.2) is 0 Å². The molecule has 0 aliphatic heterocycles. The van der Waals surface area contributed by atoms with Gasteiger partial charge in [0.1, 0.15) is 17.5 Å². The monoisotopic (exact) mass is 442 g/mol. The fourth-order valence-corrected chi connectivity index (χ4v) is 6.06. The first-order chi connectivity index (χ1) is 14.7. The van der Waals surface area contributed by atoms with Crippen LogP contribution >= 0.6 is 0 Å². The molecule has 0 bridgehead atoms. The van der Waals surface area contributed by atoms with Crippen molar-refractivity contribution in [3.63, 3.8) is 0 Å². The maximum atomic E-state index is 15.0. The third-order valence-corrected chi connectivity index (χ3v) is 7.54. The van der Waals surface area contributed by atoms with Crippen LogP contribution in [0.3, 0.4) is 0 Å². The van der Waals surface area contributed by atoms with Gasteiger partial charge in [0.2, 0.25) is 0 Å². The average molecular weight is 442 g/mol. The summed E-state index contributed by atoms with van der Waals surface area (Å²) in [4.78, 5) is 0. The predicted molar refractivity (Wildman–Crippen MR) is 109 cm³/mol. The van der Waals surface area contributed by atoms with E-state index in [9.17, 15) is 26.3 Å². The zero-order chi connectivity index (χ0) is 22.3. The van der Waals surface area contributed by atoms with E-state index >= 15 is 0 Å². The summed E-state index contributed by atoms with van der Waals surface area (Å²) in [7, 11) is 0. The first-order valence-electron chi connectivity index (χ1n) is 11.4. The zero-order valence-corrected chi connectivity index (χ0v) is 17.7. The molecule has 0 spiro atoms. The summed E-state index contributed by atoms with van der Waals surface area (Å²) in [6, 6.07) is 2.51. The first-order valence-corrected chi connectivity index (χ1v) is 11.4. The summed E-state index contributed by atoms with van der Waals surface area (Å²) in [5.41, 5.74) is -1.53. The highest BCUT2D eigenvalue weighted by molar-refractivity contribution is 5.86. The Morgan fingerprint density at radius 2 is 1.61 bits per heavy atom. The second kappa shape index (κ2) is 8.67. The van der Waals surface area contributed by atoms with Crippen molar-refractivity contribution in [2.24, 2.45) is 17.8 Å². The highest BCUT2D eigenvalue weighted by atomic mass is 19.4. The number of rotatable bonds is 4.